The van der Waals surface area contributed by atoms with Crippen molar-refractivity contribution in [2.75, 3.05) is 13.2 Å². The number of hydrogen-bond acceptors (Lipinski definition) is 4. The molecule has 0 aliphatic rings. The molecule has 0 bridgehead atoms. The standard InChI is InChI=1S/C26H34F3NO3/c1-2-3-4-5-9-16-33-24-13-12-21(17-23(24)26(27,28)29)14-15-25(30,19-31)20-32-18-22-10-7-6-8-11-22/h6-8,10-13,17,19H,2-5,9,14-16,18,20,30H2,1H3. The summed E-state index contributed by atoms with van der Waals surface area (Å²) in [5.74, 6) is -0.165. The summed E-state index contributed by atoms with van der Waals surface area (Å²) in [6, 6.07) is 13.5. The number of benzene rings is 2. The molecule has 0 saturated heterocycles. The van der Waals surface area contributed by atoms with Crippen molar-refractivity contribution in [3.63, 3.8) is 0 Å². The van der Waals surface area contributed by atoms with Gasteiger partial charge in [-0.3, -0.25) is 0 Å². The number of rotatable bonds is 15. The monoisotopic (exact) mass is 465 g/mol. The van der Waals surface area contributed by atoms with E-state index in [1.54, 1.807) is 6.07 Å². The molecule has 2 aromatic rings. The van der Waals surface area contributed by atoms with E-state index in [-0.39, 0.29) is 31.8 Å². The molecule has 2 N–H and O–H groups in total. The quantitative estimate of drug-likeness (QED) is 0.255. The highest BCUT2D eigenvalue weighted by Crippen LogP contribution is 2.37. The second-order valence-electron chi connectivity index (χ2n) is 8.42. The summed E-state index contributed by atoms with van der Waals surface area (Å²) >= 11 is 0. The molecule has 0 amide bonds. The zero-order valence-corrected chi connectivity index (χ0v) is 19.2. The Morgan fingerprint density at radius 3 is 2.36 bits per heavy atom. The average Bonchev–Trinajstić information content (AvgIpc) is 2.80. The minimum atomic E-state index is -4.53. The first-order chi connectivity index (χ1) is 15.8. The van der Waals surface area contributed by atoms with Crippen LogP contribution in [0.5, 0.6) is 5.75 Å². The van der Waals surface area contributed by atoms with Gasteiger partial charge in [0.15, 0.2) is 0 Å². The molecule has 33 heavy (non-hydrogen) atoms. The van der Waals surface area contributed by atoms with Crippen molar-refractivity contribution in [2.45, 2.75) is 70.2 Å². The van der Waals surface area contributed by atoms with Gasteiger partial charge >= 0.3 is 6.18 Å². The lowest BCUT2D eigenvalue weighted by Crippen LogP contribution is -2.46. The van der Waals surface area contributed by atoms with E-state index in [9.17, 15) is 18.0 Å². The zero-order chi connectivity index (χ0) is 24.2. The van der Waals surface area contributed by atoms with Crippen LogP contribution < -0.4 is 10.5 Å². The lowest BCUT2D eigenvalue weighted by Gasteiger charge is -2.23. The second-order valence-corrected chi connectivity index (χ2v) is 8.42. The predicted molar refractivity (Wildman–Crippen MR) is 123 cm³/mol. The molecular weight excluding hydrogens is 431 g/mol. The SMILES string of the molecule is CCCCCCCOc1ccc(CCC(N)(C=O)COCc2ccccc2)cc1C(F)(F)F. The molecule has 7 heteroatoms. The van der Waals surface area contributed by atoms with Crippen LogP contribution in [0.25, 0.3) is 0 Å². The van der Waals surface area contributed by atoms with Gasteiger partial charge in [0.2, 0.25) is 0 Å². The first kappa shape index (κ1) is 26.9. The molecule has 0 spiro atoms. The Morgan fingerprint density at radius 1 is 0.970 bits per heavy atom. The number of unbranched alkanes of at least 4 members (excludes halogenated alkanes) is 4. The van der Waals surface area contributed by atoms with E-state index >= 15 is 0 Å². The van der Waals surface area contributed by atoms with E-state index in [2.05, 4.69) is 6.92 Å². The lowest BCUT2D eigenvalue weighted by atomic mass is 9.93. The molecule has 0 aliphatic carbocycles. The topological polar surface area (TPSA) is 61.5 Å². The van der Waals surface area contributed by atoms with Crippen LogP contribution in [-0.2, 0) is 28.7 Å². The molecule has 2 rings (SSSR count). The Bertz CT molecular complexity index is 842. The van der Waals surface area contributed by atoms with Gasteiger partial charge in [-0.25, -0.2) is 0 Å². The summed E-state index contributed by atoms with van der Waals surface area (Å²) in [4.78, 5) is 11.6. The Labute approximate surface area is 194 Å². The smallest absolute Gasteiger partial charge is 0.419 e. The van der Waals surface area contributed by atoms with Crippen molar-refractivity contribution in [1.29, 1.82) is 0 Å². The van der Waals surface area contributed by atoms with Gasteiger partial charge in [-0.15, -0.1) is 0 Å². The summed E-state index contributed by atoms with van der Waals surface area (Å²) in [5, 5.41) is 0. The third-order valence-electron chi connectivity index (χ3n) is 5.45. The second kappa shape index (κ2) is 13.4. The van der Waals surface area contributed by atoms with E-state index in [1.165, 1.54) is 6.07 Å². The fourth-order valence-electron chi connectivity index (χ4n) is 3.44. The van der Waals surface area contributed by atoms with E-state index in [1.807, 2.05) is 30.3 Å². The molecule has 0 heterocycles. The fourth-order valence-corrected chi connectivity index (χ4v) is 3.44. The number of carbonyl (C=O) groups is 1. The van der Waals surface area contributed by atoms with Crippen molar-refractivity contribution < 1.29 is 27.4 Å². The van der Waals surface area contributed by atoms with Gasteiger partial charge in [0, 0.05) is 0 Å². The lowest BCUT2D eigenvalue weighted by molar-refractivity contribution is -0.139. The van der Waals surface area contributed by atoms with E-state index in [4.69, 9.17) is 15.2 Å². The Morgan fingerprint density at radius 2 is 1.70 bits per heavy atom. The van der Waals surface area contributed by atoms with Crippen LogP contribution in [0.1, 0.15) is 62.1 Å². The summed E-state index contributed by atoms with van der Waals surface area (Å²) in [6.07, 6.45) is 1.38. The first-order valence-corrected chi connectivity index (χ1v) is 11.5. The van der Waals surface area contributed by atoms with Crippen LogP contribution in [0, 0.1) is 0 Å². The highest BCUT2D eigenvalue weighted by molar-refractivity contribution is 5.64. The van der Waals surface area contributed by atoms with Gasteiger partial charge in [0.05, 0.1) is 30.9 Å². The van der Waals surface area contributed by atoms with E-state index in [0.717, 1.165) is 43.7 Å². The summed E-state index contributed by atoms with van der Waals surface area (Å²) < 4.78 is 51.8. The Kier molecular flexibility index (Phi) is 10.9. The van der Waals surface area contributed by atoms with Crippen LogP contribution in [-0.4, -0.2) is 25.0 Å². The van der Waals surface area contributed by atoms with Crippen molar-refractivity contribution in [3.8, 4) is 5.75 Å². The van der Waals surface area contributed by atoms with Gasteiger partial charge in [0.1, 0.15) is 12.0 Å². The predicted octanol–water partition coefficient (Wildman–Crippen LogP) is 6.10. The summed E-state index contributed by atoms with van der Waals surface area (Å²) in [5.41, 5.74) is 5.45. The molecule has 0 radical (unpaired) electrons. The van der Waals surface area contributed by atoms with Crippen molar-refractivity contribution in [2.24, 2.45) is 5.73 Å². The third kappa shape index (κ3) is 9.56. The molecule has 0 aliphatic heterocycles. The normalized spacial score (nSPS) is 13.5. The number of aldehydes is 1. The highest BCUT2D eigenvalue weighted by atomic mass is 19.4. The maximum absolute atomic E-state index is 13.6. The van der Waals surface area contributed by atoms with Crippen LogP contribution in [0.2, 0.25) is 0 Å². The number of carbonyl (C=O) groups excluding carboxylic acids is 1. The van der Waals surface area contributed by atoms with Crippen LogP contribution >= 0.6 is 0 Å². The highest BCUT2D eigenvalue weighted by Gasteiger charge is 2.35. The zero-order valence-electron chi connectivity index (χ0n) is 19.2. The summed E-state index contributed by atoms with van der Waals surface area (Å²) in [7, 11) is 0. The molecule has 4 nitrogen and oxygen atoms in total. The molecule has 1 atom stereocenters. The maximum atomic E-state index is 13.6. The average molecular weight is 466 g/mol. The van der Waals surface area contributed by atoms with E-state index < -0.39 is 17.3 Å². The number of halogens is 3. The Balaban J connectivity index is 1.94. The van der Waals surface area contributed by atoms with Crippen LogP contribution in [0.3, 0.4) is 0 Å². The molecule has 0 saturated carbocycles. The number of alkyl halides is 3. The molecular formula is C26H34F3NO3. The van der Waals surface area contributed by atoms with Crippen LogP contribution in [0.15, 0.2) is 48.5 Å². The number of ether oxygens (including phenoxy) is 2. The van der Waals surface area contributed by atoms with E-state index in [0.29, 0.717) is 18.5 Å². The third-order valence-corrected chi connectivity index (χ3v) is 5.45. The molecule has 0 fully saturated rings. The Hall–Kier alpha value is -2.38. The van der Waals surface area contributed by atoms with Crippen LogP contribution in [0.4, 0.5) is 13.2 Å². The van der Waals surface area contributed by atoms with Gasteiger partial charge in [-0.05, 0) is 42.5 Å². The van der Waals surface area contributed by atoms with Crippen molar-refractivity contribution >= 4 is 6.29 Å². The first-order valence-electron chi connectivity index (χ1n) is 11.5. The summed E-state index contributed by atoms with van der Waals surface area (Å²) in [6.45, 7) is 2.64. The van der Waals surface area contributed by atoms with Gasteiger partial charge < -0.3 is 20.0 Å². The number of nitrogens with two attached hydrogens (primary N) is 1. The van der Waals surface area contributed by atoms with Gasteiger partial charge in [-0.2, -0.15) is 13.2 Å². The molecule has 1 unspecified atom stereocenters. The van der Waals surface area contributed by atoms with Gasteiger partial charge in [0.25, 0.3) is 0 Å². The van der Waals surface area contributed by atoms with Gasteiger partial charge in [-0.1, -0.05) is 69.0 Å². The number of aryl methyl sites for hydroxylation is 1. The largest absolute Gasteiger partial charge is 0.493 e. The maximum Gasteiger partial charge on any atom is 0.419 e. The minimum absolute atomic E-state index is 0.0171. The number of hydrogen-bond donors (Lipinski definition) is 1. The molecule has 2 aromatic carbocycles. The van der Waals surface area contributed by atoms with Crippen molar-refractivity contribution in [1.82, 2.24) is 0 Å². The molecule has 182 valence electrons. The van der Waals surface area contributed by atoms with Crippen molar-refractivity contribution in [3.05, 3.63) is 65.2 Å². The minimum Gasteiger partial charge on any atom is -0.493 e. The fraction of sp³-hybridized carbons (Fsp3) is 0.500. The molecule has 0 aromatic heterocycles.